The van der Waals surface area contributed by atoms with E-state index in [9.17, 15) is 9.59 Å². The molecule has 0 saturated carbocycles. The fraction of sp³-hybridized carbons (Fsp3) is 0.227. The van der Waals surface area contributed by atoms with Gasteiger partial charge in [0.1, 0.15) is 18.4 Å². The molecule has 0 aromatic heterocycles. The van der Waals surface area contributed by atoms with Crippen LogP contribution in [0, 0.1) is 18.3 Å². The molecular formula is C22H22ClN3O3. The van der Waals surface area contributed by atoms with Gasteiger partial charge < -0.3 is 10.1 Å². The third kappa shape index (κ3) is 6.37. The third-order valence-electron chi connectivity index (χ3n) is 3.96. The normalized spacial score (nSPS) is 11.7. The van der Waals surface area contributed by atoms with Crippen molar-refractivity contribution < 1.29 is 14.3 Å². The molecule has 0 heterocycles. The third-order valence-corrected chi connectivity index (χ3v) is 4.29. The number of amides is 2. The van der Waals surface area contributed by atoms with Gasteiger partial charge in [0.25, 0.3) is 11.8 Å². The van der Waals surface area contributed by atoms with E-state index in [1.54, 1.807) is 42.5 Å². The number of halogens is 1. The molecule has 1 atom stereocenters. The predicted molar refractivity (Wildman–Crippen MR) is 114 cm³/mol. The lowest BCUT2D eigenvalue weighted by molar-refractivity contribution is -0.123. The molecule has 0 aliphatic carbocycles. The summed E-state index contributed by atoms with van der Waals surface area (Å²) in [6, 6.07) is 13.0. The number of benzene rings is 2. The zero-order valence-corrected chi connectivity index (χ0v) is 16.9. The Morgan fingerprint density at radius 1 is 1.21 bits per heavy atom. The van der Waals surface area contributed by atoms with Crippen LogP contribution in [0.4, 0.5) is 0 Å². The zero-order chi connectivity index (χ0) is 21.2. The average Bonchev–Trinajstić information content (AvgIpc) is 2.71. The van der Waals surface area contributed by atoms with Crippen LogP contribution in [-0.4, -0.2) is 30.7 Å². The number of nitrogens with zero attached hydrogens (tertiary/aromatic N) is 1. The van der Waals surface area contributed by atoms with Crippen LogP contribution in [0.2, 0.25) is 5.02 Å². The van der Waals surface area contributed by atoms with E-state index in [1.165, 1.54) is 6.21 Å². The molecule has 2 N–H and O–H groups in total. The van der Waals surface area contributed by atoms with E-state index in [0.29, 0.717) is 21.9 Å². The average molecular weight is 412 g/mol. The molecular weight excluding hydrogens is 390 g/mol. The van der Waals surface area contributed by atoms with E-state index >= 15 is 0 Å². The molecule has 0 radical (unpaired) electrons. The topological polar surface area (TPSA) is 79.8 Å². The number of carbonyl (C=O) groups is 2. The van der Waals surface area contributed by atoms with Crippen LogP contribution in [0.5, 0.6) is 5.75 Å². The van der Waals surface area contributed by atoms with Gasteiger partial charge in [-0.15, -0.1) is 6.42 Å². The highest BCUT2D eigenvalue weighted by atomic mass is 35.5. The molecule has 2 aromatic carbocycles. The summed E-state index contributed by atoms with van der Waals surface area (Å²) in [5.74, 6) is 1.91. The van der Waals surface area contributed by atoms with E-state index in [1.807, 2.05) is 19.9 Å². The van der Waals surface area contributed by atoms with E-state index < -0.39 is 17.9 Å². The van der Waals surface area contributed by atoms with Crippen molar-refractivity contribution >= 4 is 29.6 Å². The van der Waals surface area contributed by atoms with Gasteiger partial charge in [-0.3, -0.25) is 9.59 Å². The van der Waals surface area contributed by atoms with Gasteiger partial charge in [0.2, 0.25) is 0 Å². The van der Waals surface area contributed by atoms with Crippen molar-refractivity contribution in [3.8, 4) is 18.1 Å². The van der Waals surface area contributed by atoms with Crippen molar-refractivity contribution in [3.05, 3.63) is 64.7 Å². The lowest BCUT2D eigenvalue weighted by Crippen LogP contribution is -2.48. The first kappa shape index (κ1) is 22.0. The molecule has 0 fully saturated rings. The quantitative estimate of drug-likeness (QED) is 0.397. The molecule has 2 aromatic rings. The van der Waals surface area contributed by atoms with E-state index in [-0.39, 0.29) is 12.5 Å². The SMILES string of the molecule is C#CCOc1ccccc1/C=N/NC(=O)C(NC(=O)c1ccccc1Cl)C(C)C. The van der Waals surface area contributed by atoms with Crippen LogP contribution in [-0.2, 0) is 4.79 Å². The van der Waals surface area contributed by atoms with Gasteiger partial charge in [-0.05, 0) is 30.2 Å². The van der Waals surface area contributed by atoms with Crippen LogP contribution in [0.3, 0.4) is 0 Å². The van der Waals surface area contributed by atoms with Gasteiger partial charge >= 0.3 is 0 Å². The minimum absolute atomic E-state index is 0.126. The second-order valence-corrected chi connectivity index (χ2v) is 6.85. The summed E-state index contributed by atoms with van der Waals surface area (Å²) < 4.78 is 5.43. The Morgan fingerprint density at radius 2 is 1.90 bits per heavy atom. The molecule has 6 nitrogen and oxygen atoms in total. The Hall–Kier alpha value is -3.30. The monoisotopic (exact) mass is 411 g/mol. The van der Waals surface area contributed by atoms with Crippen LogP contribution in [0.25, 0.3) is 0 Å². The fourth-order valence-electron chi connectivity index (χ4n) is 2.47. The molecule has 150 valence electrons. The maximum absolute atomic E-state index is 12.6. The first-order valence-electron chi connectivity index (χ1n) is 8.97. The van der Waals surface area contributed by atoms with Crippen molar-refractivity contribution in [3.63, 3.8) is 0 Å². The Bertz CT molecular complexity index is 935. The van der Waals surface area contributed by atoms with Crippen LogP contribution >= 0.6 is 11.6 Å². The number of terminal acetylenes is 1. The molecule has 0 spiro atoms. The lowest BCUT2D eigenvalue weighted by Gasteiger charge is -2.20. The number of carbonyl (C=O) groups excluding carboxylic acids is 2. The number of hydrazone groups is 1. The summed E-state index contributed by atoms with van der Waals surface area (Å²) in [7, 11) is 0. The number of ether oxygens (including phenoxy) is 1. The van der Waals surface area contributed by atoms with Crippen molar-refractivity contribution in [1.82, 2.24) is 10.7 Å². The Kier molecular flexibility index (Phi) is 8.26. The van der Waals surface area contributed by atoms with Crippen molar-refractivity contribution in [1.29, 1.82) is 0 Å². The largest absolute Gasteiger partial charge is 0.480 e. The van der Waals surface area contributed by atoms with Gasteiger partial charge in [-0.2, -0.15) is 5.10 Å². The number of nitrogens with one attached hydrogen (secondary N) is 2. The number of rotatable bonds is 8. The lowest BCUT2D eigenvalue weighted by atomic mass is 10.0. The number of hydrogen-bond acceptors (Lipinski definition) is 4. The van der Waals surface area contributed by atoms with Gasteiger partial charge in [0.15, 0.2) is 0 Å². The number of hydrogen-bond donors (Lipinski definition) is 2. The zero-order valence-electron chi connectivity index (χ0n) is 16.2. The molecule has 0 aliphatic rings. The van der Waals surface area contributed by atoms with Gasteiger partial charge in [0.05, 0.1) is 16.8 Å². The molecule has 0 aliphatic heterocycles. The van der Waals surface area contributed by atoms with Gasteiger partial charge in [0, 0.05) is 5.56 Å². The molecule has 7 heteroatoms. The Morgan fingerprint density at radius 3 is 2.59 bits per heavy atom. The fourth-order valence-corrected chi connectivity index (χ4v) is 2.69. The van der Waals surface area contributed by atoms with Crippen molar-refractivity contribution in [2.75, 3.05) is 6.61 Å². The van der Waals surface area contributed by atoms with Gasteiger partial charge in [-0.1, -0.05) is 55.6 Å². The maximum atomic E-state index is 12.6. The summed E-state index contributed by atoms with van der Waals surface area (Å²) in [6.45, 7) is 3.77. The summed E-state index contributed by atoms with van der Waals surface area (Å²) in [5, 5.41) is 7.00. The second-order valence-electron chi connectivity index (χ2n) is 6.44. The number of para-hydroxylation sites is 1. The molecule has 1 unspecified atom stereocenters. The molecule has 2 amide bonds. The summed E-state index contributed by atoms with van der Waals surface area (Å²) in [5.41, 5.74) is 3.41. The van der Waals surface area contributed by atoms with E-state index in [4.69, 9.17) is 22.8 Å². The van der Waals surface area contributed by atoms with Crippen molar-refractivity contribution in [2.45, 2.75) is 19.9 Å². The van der Waals surface area contributed by atoms with E-state index in [2.05, 4.69) is 21.8 Å². The highest BCUT2D eigenvalue weighted by Gasteiger charge is 2.25. The highest BCUT2D eigenvalue weighted by molar-refractivity contribution is 6.33. The standard InChI is InChI=1S/C22H22ClN3O3/c1-4-13-29-19-12-8-5-9-16(19)14-24-26-22(28)20(15(2)3)25-21(27)17-10-6-7-11-18(17)23/h1,5-12,14-15,20H,13H2,2-3H3,(H,25,27)(H,26,28)/b24-14+. The predicted octanol–water partition coefficient (Wildman–Crippen LogP) is 3.26. The van der Waals surface area contributed by atoms with Crippen LogP contribution < -0.4 is 15.5 Å². The van der Waals surface area contributed by atoms with Crippen LogP contribution in [0.15, 0.2) is 53.6 Å². The molecule has 2 rings (SSSR count). The molecule has 0 saturated heterocycles. The van der Waals surface area contributed by atoms with E-state index in [0.717, 1.165) is 0 Å². The first-order chi connectivity index (χ1) is 13.9. The smallest absolute Gasteiger partial charge is 0.262 e. The van der Waals surface area contributed by atoms with Gasteiger partial charge in [-0.25, -0.2) is 5.43 Å². The molecule has 0 bridgehead atoms. The maximum Gasteiger partial charge on any atom is 0.262 e. The Labute approximate surface area is 175 Å². The minimum atomic E-state index is -0.788. The minimum Gasteiger partial charge on any atom is -0.480 e. The van der Waals surface area contributed by atoms with Crippen LogP contribution in [0.1, 0.15) is 29.8 Å². The summed E-state index contributed by atoms with van der Waals surface area (Å²) in [6.07, 6.45) is 6.67. The first-order valence-corrected chi connectivity index (χ1v) is 9.35. The summed E-state index contributed by atoms with van der Waals surface area (Å²) >= 11 is 6.06. The second kappa shape index (κ2) is 10.9. The summed E-state index contributed by atoms with van der Waals surface area (Å²) in [4.78, 5) is 25.0. The van der Waals surface area contributed by atoms with Crippen molar-refractivity contribution in [2.24, 2.45) is 11.0 Å². The molecule has 29 heavy (non-hydrogen) atoms. The Balaban J connectivity index is 2.05. The highest BCUT2D eigenvalue weighted by Crippen LogP contribution is 2.16.